The van der Waals surface area contributed by atoms with Crippen LogP contribution in [-0.4, -0.2) is 38.1 Å². The number of fused-ring (bicyclic) bond motifs is 1. The lowest BCUT2D eigenvalue weighted by molar-refractivity contribution is -0.246. The summed E-state index contributed by atoms with van der Waals surface area (Å²) in [5.41, 5.74) is 1.50. The zero-order valence-electron chi connectivity index (χ0n) is 14.9. The average molecular weight is 367 g/mol. The summed E-state index contributed by atoms with van der Waals surface area (Å²) in [7, 11) is 1.54. The van der Waals surface area contributed by atoms with Gasteiger partial charge in [-0.15, -0.1) is 0 Å². The van der Waals surface area contributed by atoms with Gasteiger partial charge >= 0.3 is 0 Å². The summed E-state index contributed by atoms with van der Waals surface area (Å²) in [6.07, 6.45) is 0.371. The van der Waals surface area contributed by atoms with E-state index in [9.17, 15) is 4.79 Å². The number of methoxy groups -OCH3 is 1. The molecule has 0 saturated carbocycles. The van der Waals surface area contributed by atoms with Crippen molar-refractivity contribution >= 4 is 5.91 Å². The van der Waals surface area contributed by atoms with Crippen LogP contribution in [0.5, 0.6) is 0 Å². The summed E-state index contributed by atoms with van der Waals surface area (Å²) in [6, 6.07) is 18.3. The van der Waals surface area contributed by atoms with Gasteiger partial charge in [0.15, 0.2) is 6.29 Å². The molecule has 0 bridgehead atoms. The molecule has 140 valence electrons. The first kappa shape index (κ1) is 17.7. The third-order valence-electron chi connectivity index (χ3n) is 4.53. The minimum absolute atomic E-state index is 0.201. The molecule has 2 aliphatic heterocycles. The second kappa shape index (κ2) is 7.92. The van der Waals surface area contributed by atoms with E-state index in [1.807, 2.05) is 54.6 Å². The Bertz CT molecular complexity index is 808. The van der Waals surface area contributed by atoms with Crippen molar-refractivity contribution in [2.75, 3.05) is 13.7 Å². The maximum Gasteiger partial charge on any atom is 0.251 e. The predicted octanol–water partition coefficient (Wildman–Crippen LogP) is 2.79. The lowest BCUT2D eigenvalue weighted by Gasteiger charge is -2.39. The summed E-state index contributed by atoms with van der Waals surface area (Å²) in [4.78, 5) is 12.5. The molecular formula is C21H21NO5. The van der Waals surface area contributed by atoms with Crippen LogP contribution in [0.1, 0.15) is 22.2 Å². The normalized spacial score (nSPS) is 27.1. The second-order valence-electron chi connectivity index (χ2n) is 6.36. The third-order valence-corrected chi connectivity index (χ3v) is 4.53. The van der Waals surface area contributed by atoms with E-state index in [-0.39, 0.29) is 12.0 Å². The fourth-order valence-electron chi connectivity index (χ4n) is 3.16. The van der Waals surface area contributed by atoms with Crippen LogP contribution in [0.25, 0.3) is 0 Å². The summed E-state index contributed by atoms with van der Waals surface area (Å²) in [5.74, 6) is 0.440. The number of benzene rings is 2. The second-order valence-corrected chi connectivity index (χ2v) is 6.36. The fraction of sp³-hybridized carbons (Fsp3) is 0.286. The van der Waals surface area contributed by atoms with Crippen molar-refractivity contribution in [3.8, 4) is 0 Å². The number of nitrogens with one attached hydrogen (secondary N) is 1. The van der Waals surface area contributed by atoms with Gasteiger partial charge in [-0.05, 0) is 18.2 Å². The van der Waals surface area contributed by atoms with Gasteiger partial charge in [0.1, 0.15) is 17.9 Å². The highest BCUT2D eigenvalue weighted by atomic mass is 16.7. The summed E-state index contributed by atoms with van der Waals surface area (Å²) in [5, 5.41) is 2.94. The first-order valence-corrected chi connectivity index (χ1v) is 8.83. The number of amides is 1. The summed E-state index contributed by atoms with van der Waals surface area (Å²) < 4.78 is 23.1. The van der Waals surface area contributed by atoms with E-state index in [4.69, 9.17) is 18.9 Å². The summed E-state index contributed by atoms with van der Waals surface area (Å²) >= 11 is 0. The van der Waals surface area contributed by atoms with Crippen molar-refractivity contribution in [1.29, 1.82) is 0 Å². The SMILES string of the molecule is CO[C@H]1O[C@H]2CO[C@H](c3ccccc3)OC2=C[C@@H]1NC(=O)c1ccccc1. The van der Waals surface area contributed by atoms with Crippen LogP contribution in [0, 0.1) is 0 Å². The van der Waals surface area contributed by atoms with Gasteiger partial charge in [-0.3, -0.25) is 4.79 Å². The van der Waals surface area contributed by atoms with Crippen LogP contribution in [-0.2, 0) is 18.9 Å². The molecule has 0 aromatic heterocycles. The Morgan fingerprint density at radius 1 is 1.07 bits per heavy atom. The molecule has 1 N–H and O–H groups in total. The molecular weight excluding hydrogens is 346 g/mol. The molecule has 27 heavy (non-hydrogen) atoms. The number of hydrogen-bond donors (Lipinski definition) is 1. The molecule has 4 rings (SSSR count). The molecule has 0 unspecified atom stereocenters. The molecule has 2 aliphatic rings. The van der Waals surface area contributed by atoms with Crippen molar-refractivity contribution in [3.05, 3.63) is 83.6 Å². The molecule has 6 heteroatoms. The minimum Gasteiger partial charge on any atom is -0.462 e. The first-order valence-electron chi connectivity index (χ1n) is 8.83. The highest BCUT2D eigenvalue weighted by molar-refractivity contribution is 5.94. The Hall–Kier alpha value is -2.67. The van der Waals surface area contributed by atoms with E-state index in [1.165, 1.54) is 0 Å². The van der Waals surface area contributed by atoms with E-state index in [0.29, 0.717) is 17.9 Å². The predicted molar refractivity (Wildman–Crippen MR) is 97.7 cm³/mol. The number of rotatable bonds is 4. The van der Waals surface area contributed by atoms with Crippen molar-refractivity contribution in [1.82, 2.24) is 5.32 Å². The largest absolute Gasteiger partial charge is 0.462 e. The molecule has 0 aliphatic carbocycles. The minimum atomic E-state index is -0.619. The fourth-order valence-corrected chi connectivity index (χ4v) is 3.16. The Labute approximate surface area is 157 Å². The molecule has 0 radical (unpaired) electrons. The van der Waals surface area contributed by atoms with E-state index in [2.05, 4.69) is 5.32 Å². The van der Waals surface area contributed by atoms with Gasteiger partial charge in [-0.25, -0.2) is 0 Å². The van der Waals surface area contributed by atoms with Gasteiger partial charge in [0.25, 0.3) is 5.91 Å². The molecule has 1 amide bonds. The third kappa shape index (κ3) is 3.88. The Morgan fingerprint density at radius 2 is 1.78 bits per heavy atom. The maximum atomic E-state index is 12.5. The topological polar surface area (TPSA) is 66.0 Å². The summed E-state index contributed by atoms with van der Waals surface area (Å²) in [6.45, 7) is 0.352. The average Bonchev–Trinajstić information content (AvgIpc) is 2.74. The molecule has 4 atom stereocenters. The van der Waals surface area contributed by atoms with Crippen LogP contribution >= 0.6 is 0 Å². The number of hydrogen-bond acceptors (Lipinski definition) is 5. The number of ether oxygens (including phenoxy) is 4. The van der Waals surface area contributed by atoms with Crippen molar-refractivity contribution in [2.45, 2.75) is 24.7 Å². The van der Waals surface area contributed by atoms with Crippen molar-refractivity contribution in [2.24, 2.45) is 0 Å². The van der Waals surface area contributed by atoms with Crippen LogP contribution in [0.3, 0.4) is 0 Å². The van der Waals surface area contributed by atoms with E-state index >= 15 is 0 Å². The standard InChI is InChI=1S/C21H21NO5/c1-24-21-16(22-19(23)14-8-4-2-5-9-14)12-17-18(27-21)13-25-20(26-17)15-10-6-3-7-11-15/h2-12,16,18,20-21H,13H2,1H3,(H,22,23)/t16-,18-,20-,21-/m0/s1. The monoisotopic (exact) mass is 367 g/mol. The lowest BCUT2D eigenvalue weighted by atomic mass is 10.1. The Kier molecular flexibility index (Phi) is 5.20. The molecule has 6 nitrogen and oxygen atoms in total. The zero-order chi connectivity index (χ0) is 18.6. The van der Waals surface area contributed by atoms with Crippen molar-refractivity contribution < 1.29 is 23.7 Å². The van der Waals surface area contributed by atoms with E-state index < -0.39 is 18.6 Å². The first-order chi connectivity index (χ1) is 13.2. The molecule has 2 aromatic carbocycles. The van der Waals surface area contributed by atoms with Gasteiger partial charge in [0, 0.05) is 18.2 Å². The van der Waals surface area contributed by atoms with Gasteiger partial charge in [0.05, 0.1) is 6.61 Å². The van der Waals surface area contributed by atoms with E-state index in [1.54, 1.807) is 19.2 Å². The zero-order valence-corrected chi connectivity index (χ0v) is 14.9. The van der Waals surface area contributed by atoms with Gasteiger partial charge in [0.2, 0.25) is 6.29 Å². The van der Waals surface area contributed by atoms with Crippen LogP contribution < -0.4 is 5.32 Å². The molecule has 1 fully saturated rings. The quantitative estimate of drug-likeness (QED) is 0.900. The maximum absolute atomic E-state index is 12.5. The Morgan fingerprint density at radius 3 is 2.48 bits per heavy atom. The molecule has 1 saturated heterocycles. The number of carbonyl (C=O) groups is 1. The molecule has 2 heterocycles. The van der Waals surface area contributed by atoms with Gasteiger partial charge < -0.3 is 24.3 Å². The molecule has 2 aromatic rings. The van der Waals surface area contributed by atoms with Gasteiger partial charge in [-0.2, -0.15) is 0 Å². The smallest absolute Gasteiger partial charge is 0.251 e. The Balaban J connectivity index is 1.52. The highest BCUT2D eigenvalue weighted by Gasteiger charge is 2.38. The van der Waals surface area contributed by atoms with Gasteiger partial charge in [-0.1, -0.05) is 48.5 Å². The van der Waals surface area contributed by atoms with Crippen LogP contribution in [0.2, 0.25) is 0 Å². The molecule has 0 spiro atoms. The van der Waals surface area contributed by atoms with E-state index in [0.717, 1.165) is 5.56 Å². The lowest BCUT2D eigenvalue weighted by Crippen LogP contribution is -2.51. The highest BCUT2D eigenvalue weighted by Crippen LogP contribution is 2.33. The van der Waals surface area contributed by atoms with Crippen LogP contribution in [0.15, 0.2) is 72.5 Å². The van der Waals surface area contributed by atoms with Crippen molar-refractivity contribution in [3.63, 3.8) is 0 Å². The van der Waals surface area contributed by atoms with Crippen LogP contribution in [0.4, 0.5) is 0 Å². The number of carbonyl (C=O) groups excluding carboxylic acids is 1.